The fourth-order valence-corrected chi connectivity index (χ4v) is 4.24. The molecule has 4 aromatic rings. The van der Waals surface area contributed by atoms with Gasteiger partial charge in [-0.25, -0.2) is 4.39 Å². The smallest absolute Gasteiger partial charge is 0.266 e. The summed E-state index contributed by atoms with van der Waals surface area (Å²) in [7, 11) is 0. The van der Waals surface area contributed by atoms with Crippen LogP contribution >= 0.6 is 23.2 Å². The van der Waals surface area contributed by atoms with Crippen LogP contribution in [0.5, 0.6) is 5.75 Å². The van der Waals surface area contributed by atoms with Crippen LogP contribution in [-0.2, 0) is 11.4 Å². The summed E-state index contributed by atoms with van der Waals surface area (Å²) in [5.74, 6) is -0.287. The van der Waals surface area contributed by atoms with Crippen molar-refractivity contribution in [1.29, 1.82) is 5.26 Å². The van der Waals surface area contributed by atoms with E-state index in [2.05, 4.69) is 5.32 Å². The molecule has 0 radical (unpaired) electrons. The number of nitriles is 1. The largest absolute Gasteiger partial charge is 0.489 e. The first-order chi connectivity index (χ1) is 17.8. The number of nitrogens with zero attached hydrogens (tertiary/aromatic N) is 2. The van der Waals surface area contributed by atoms with E-state index >= 15 is 0 Å². The van der Waals surface area contributed by atoms with Gasteiger partial charge >= 0.3 is 0 Å². The van der Waals surface area contributed by atoms with E-state index in [1.807, 2.05) is 54.8 Å². The predicted octanol–water partition coefficient (Wildman–Crippen LogP) is 7.66. The van der Waals surface area contributed by atoms with Gasteiger partial charge in [0, 0.05) is 22.6 Å². The van der Waals surface area contributed by atoms with Crippen molar-refractivity contribution in [2.75, 3.05) is 5.32 Å². The van der Waals surface area contributed by atoms with Gasteiger partial charge in [0.15, 0.2) is 0 Å². The van der Waals surface area contributed by atoms with Crippen molar-refractivity contribution in [2.45, 2.75) is 20.5 Å². The minimum absolute atomic E-state index is 0.0758. The van der Waals surface area contributed by atoms with Crippen molar-refractivity contribution in [2.24, 2.45) is 0 Å². The van der Waals surface area contributed by atoms with Crippen LogP contribution in [0.25, 0.3) is 11.8 Å². The molecule has 0 saturated carbocycles. The van der Waals surface area contributed by atoms with Gasteiger partial charge in [-0.2, -0.15) is 5.26 Å². The molecule has 1 aromatic heterocycles. The first-order valence-electron chi connectivity index (χ1n) is 11.3. The van der Waals surface area contributed by atoms with Crippen molar-refractivity contribution in [1.82, 2.24) is 4.57 Å². The summed E-state index contributed by atoms with van der Waals surface area (Å²) in [5, 5.41) is 12.8. The third kappa shape index (κ3) is 5.86. The molecule has 3 aromatic carbocycles. The van der Waals surface area contributed by atoms with Crippen LogP contribution < -0.4 is 10.1 Å². The molecule has 0 atom stereocenters. The normalized spacial score (nSPS) is 11.2. The molecule has 1 heterocycles. The Kier molecular flexibility index (Phi) is 7.98. The number of amides is 1. The molecule has 0 spiro atoms. The van der Waals surface area contributed by atoms with Crippen molar-refractivity contribution in [3.63, 3.8) is 0 Å². The summed E-state index contributed by atoms with van der Waals surface area (Å²) in [6, 6.07) is 22.6. The number of aromatic nitrogens is 1. The quantitative estimate of drug-likeness (QED) is 0.196. The average molecular weight is 534 g/mol. The maximum absolute atomic E-state index is 13.8. The molecule has 0 unspecified atom stereocenters. The van der Waals surface area contributed by atoms with Crippen LogP contribution in [-0.4, -0.2) is 10.5 Å². The summed E-state index contributed by atoms with van der Waals surface area (Å²) >= 11 is 12.2. The number of anilines is 1. The van der Waals surface area contributed by atoms with Crippen LogP contribution in [0, 0.1) is 31.0 Å². The summed E-state index contributed by atoms with van der Waals surface area (Å²) in [4.78, 5) is 12.8. The predicted molar refractivity (Wildman–Crippen MR) is 145 cm³/mol. The number of hydrogen-bond acceptors (Lipinski definition) is 3. The number of ether oxygens (including phenoxy) is 1. The molecule has 0 aliphatic rings. The Bertz CT molecular complexity index is 1540. The second-order valence-electron chi connectivity index (χ2n) is 8.26. The molecule has 37 heavy (non-hydrogen) atoms. The van der Waals surface area contributed by atoms with Gasteiger partial charge in [0.25, 0.3) is 5.91 Å². The summed E-state index contributed by atoms with van der Waals surface area (Å²) < 4.78 is 21.6. The topological polar surface area (TPSA) is 67.0 Å². The lowest BCUT2D eigenvalue weighted by Crippen LogP contribution is -2.13. The van der Waals surface area contributed by atoms with Crippen molar-refractivity contribution >= 4 is 40.9 Å². The molecule has 1 amide bonds. The van der Waals surface area contributed by atoms with Gasteiger partial charge in [-0.1, -0.05) is 47.5 Å². The number of benzene rings is 3. The highest BCUT2D eigenvalue weighted by atomic mass is 35.5. The van der Waals surface area contributed by atoms with Crippen LogP contribution in [0.15, 0.2) is 78.4 Å². The number of halogens is 3. The number of rotatable bonds is 7. The number of nitrogens with one attached hydrogen (secondary N) is 1. The van der Waals surface area contributed by atoms with Gasteiger partial charge in [0.05, 0.1) is 15.7 Å². The molecule has 8 heteroatoms. The summed E-state index contributed by atoms with van der Waals surface area (Å²) in [5.41, 5.74) is 4.09. The molecular formula is C29H22Cl2FN3O2. The fraction of sp³-hybridized carbons (Fsp3) is 0.103. The molecule has 4 rings (SSSR count). The number of carbonyl (C=O) groups excluding carboxylic acids is 1. The number of hydrogen-bond donors (Lipinski definition) is 1. The van der Waals surface area contributed by atoms with Gasteiger partial charge in [-0.15, -0.1) is 0 Å². The number of carbonyl (C=O) groups is 1. The molecule has 0 saturated heterocycles. The fourth-order valence-electron chi connectivity index (χ4n) is 3.89. The van der Waals surface area contributed by atoms with E-state index in [1.54, 1.807) is 42.5 Å². The van der Waals surface area contributed by atoms with E-state index in [0.29, 0.717) is 22.0 Å². The standard InChI is InChI=1S/C29H22Cl2FN3O2/c1-18-14-21(15-22(16-33)29(36)34-27-9-5-7-25(30)28(27)31)19(2)35(18)23-10-12-24(13-11-23)37-17-20-6-3-4-8-26(20)32/h3-15H,17H2,1-2H3,(H,34,36)/b22-15-. The average Bonchev–Trinajstić information content (AvgIpc) is 3.17. The Morgan fingerprint density at radius 3 is 2.51 bits per heavy atom. The Balaban J connectivity index is 1.53. The minimum atomic E-state index is -0.590. The van der Waals surface area contributed by atoms with Crippen LogP contribution in [0.2, 0.25) is 10.0 Å². The van der Waals surface area contributed by atoms with Gasteiger partial charge in [-0.3, -0.25) is 4.79 Å². The van der Waals surface area contributed by atoms with Crippen LogP contribution in [0.3, 0.4) is 0 Å². The van der Waals surface area contributed by atoms with Gasteiger partial charge < -0.3 is 14.6 Å². The molecule has 5 nitrogen and oxygen atoms in total. The highest BCUT2D eigenvalue weighted by Crippen LogP contribution is 2.30. The molecule has 0 bridgehead atoms. The first-order valence-corrected chi connectivity index (χ1v) is 12.1. The minimum Gasteiger partial charge on any atom is -0.489 e. The van der Waals surface area contributed by atoms with Crippen molar-refractivity contribution in [3.05, 3.63) is 117 Å². The monoisotopic (exact) mass is 533 g/mol. The van der Waals surface area contributed by atoms with Gasteiger partial charge in [0.1, 0.15) is 29.8 Å². The lowest BCUT2D eigenvalue weighted by Gasteiger charge is -2.12. The second kappa shape index (κ2) is 11.3. The van der Waals surface area contributed by atoms with E-state index in [0.717, 1.165) is 22.6 Å². The highest BCUT2D eigenvalue weighted by molar-refractivity contribution is 6.44. The summed E-state index contributed by atoms with van der Waals surface area (Å²) in [6.45, 7) is 3.97. The number of aryl methyl sites for hydroxylation is 1. The Labute approximate surface area is 224 Å². The second-order valence-corrected chi connectivity index (χ2v) is 9.05. The zero-order chi connectivity index (χ0) is 26.5. The van der Waals surface area contributed by atoms with Crippen molar-refractivity contribution in [3.8, 4) is 17.5 Å². The lowest BCUT2D eigenvalue weighted by atomic mass is 10.1. The maximum Gasteiger partial charge on any atom is 0.266 e. The van der Waals surface area contributed by atoms with E-state index in [9.17, 15) is 14.4 Å². The molecule has 186 valence electrons. The van der Waals surface area contributed by atoms with E-state index < -0.39 is 5.91 Å². The molecule has 0 aliphatic heterocycles. The molecule has 0 aliphatic carbocycles. The van der Waals surface area contributed by atoms with Crippen LogP contribution in [0.4, 0.5) is 10.1 Å². The van der Waals surface area contributed by atoms with Gasteiger partial charge in [-0.05, 0) is 74.0 Å². The molecule has 0 fully saturated rings. The zero-order valence-corrected chi connectivity index (χ0v) is 21.6. The van der Waals surface area contributed by atoms with E-state index in [1.165, 1.54) is 6.07 Å². The van der Waals surface area contributed by atoms with E-state index in [-0.39, 0.29) is 23.0 Å². The Morgan fingerprint density at radius 2 is 1.81 bits per heavy atom. The molecular weight excluding hydrogens is 512 g/mol. The van der Waals surface area contributed by atoms with Crippen LogP contribution in [0.1, 0.15) is 22.5 Å². The Morgan fingerprint density at radius 1 is 1.08 bits per heavy atom. The summed E-state index contributed by atoms with van der Waals surface area (Å²) in [6.07, 6.45) is 1.54. The van der Waals surface area contributed by atoms with Gasteiger partial charge in [0.2, 0.25) is 0 Å². The highest BCUT2D eigenvalue weighted by Gasteiger charge is 2.16. The van der Waals surface area contributed by atoms with Crippen molar-refractivity contribution < 1.29 is 13.9 Å². The maximum atomic E-state index is 13.8. The lowest BCUT2D eigenvalue weighted by molar-refractivity contribution is -0.112. The first kappa shape index (κ1) is 26.0. The van der Waals surface area contributed by atoms with E-state index in [4.69, 9.17) is 27.9 Å². The SMILES string of the molecule is Cc1cc(/C=C(/C#N)C(=O)Nc2cccc(Cl)c2Cl)c(C)n1-c1ccc(OCc2ccccc2F)cc1. The third-order valence-corrected chi connectivity index (χ3v) is 6.60. The Hall–Kier alpha value is -4.05. The zero-order valence-electron chi connectivity index (χ0n) is 20.1. The molecule has 1 N–H and O–H groups in total. The third-order valence-electron chi connectivity index (χ3n) is 5.78.